The lowest BCUT2D eigenvalue weighted by atomic mass is 9.87. The Kier molecular flexibility index (Phi) is 5.11. The molecule has 5 nitrogen and oxygen atoms in total. The first kappa shape index (κ1) is 16.6. The number of rotatable bonds is 3. The van der Waals surface area contributed by atoms with Gasteiger partial charge in [0.15, 0.2) is 5.96 Å². The van der Waals surface area contributed by atoms with E-state index in [-0.39, 0.29) is 0 Å². The van der Waals surface area contributed by atoms with Crippen LogP contribution >= 0.6 is 15.9 Å². The topological polar surface area (TPSA) is 46.1 Å². The molecule has 2 saturated heterocycles. The third-order valence-corrected chi connectivity index (χ3v) is 5.31. The zero-order chi connectivity index (χ0) is 16.3. The maximum Gasteiger partial charge on any atom is 0.193 e. The van der Waals surface area contributed by atoms with Gasteiger partial charge in [-0.15, -0.1) is 0 Å². The summed E-state index contributed by atoms with van der Waals surface area (Å²) < 4.78 is 12.1. The van der Waals surface area contributed by atoms with Crippen molar-refractivity contribution < 1.29 is 9.47 Å². The van der Waals surface area contributed by atoms with Crippen molar-refractivity contribution in [1.82, 2.24) is 10.2 Å². The molecule has 2 aliphatic rings. The summed E-state index contributed by atoms with van der Waals surface area (Å²) in [6.07, 6.45) is 2.36. The number of nitrogens with zero attached hydrogens (tertiary/aromatic N) is 2. The maximum atomic E-state index is 5.61. The molecule has 6 heteroatoms. The number of ether oxygens (including phenoxy) is 2. The van der Waals surface area contributed by atoms with Crippen LogP contribution in [-0.4, -0.2) is 51.3 Å². The first-order valence-electron chi connectivity index (χ1n) is 8.01. The fourth-order valence-electron chi connectivity index (χ4n) is 3.48. The second-order valence-corrected chi connectivity index (χ2v) is 7.25. The average molecular weight is 382 g/mol. The molecule has 0 aliphatic carbocycles. The summed E-state index contributed by atoms with van der Waals surface area (Å²) in [7, 11) is 3.54. The van der Waals surface area contributed by atoms with Gasteiger partial charge in [-0.2, -0.15) is 0 Å². The standard InChI is InChI=1S/C17H24BrN3O2/c1-19-16(21-7-5-17(11-21)6-8-23-12-17)20-10-13-9-14(18)3-4-15(13)22-2/h3-4,9H,5-8,10-12H2,1-2H3,(H,19,20). The van der Waals surface area contributed by atoms with Crippen molar-refractivity contribution >= 4 is 21.9 Å². The summed E-state index contributed by atoms with van der Waals surface area (Å²) in [5.41, 5.74) is 1.45. The van der Waals surface area contributed by atoms with Gasteiger partial charge in [0.2, 0.25) is 0 Å². The van der Waals surface area contributed by atoms with E-state index in [0.717, 1.165) is 48.0 Å². The number of hydrogen-bond acceptors (Lipinski definition) is 3. The van der Waals surface area contributed by atoms with Gasteiger partial charge in [-0.05, 0) is 31.0 Å². The lowest BCUT2D eigenvalue weighted by molar-refractivity contribution is 0.156. The summed E-state index contributed by atoms with van der Waals surface area (Å²) in [6, 6.07) is 6.04. The fourth-order valence-corrected chi connectivity index (χ4v) is 3.89. The van der Waals surface area contributed by atoms with Crippen molar-refractivity contribution in [3.05, 3.63) is 28.2 Å². The molecule has 0 aromatic heterocycles. The molecule has 23 heavy (non-hydrogen) atoms. The molecule has 1 unspecified atom stereocenters. The summed E-state index contributed by atoms with van der Waals surface area (Å²) in [6.45, 7) is 4.55. The van der Waals surface area contributed by atoms with Gasteiger partial charge in [-0.1, -0.05) is 15.9 Å². The van der Waals surface area contributed by atoms with Gasteiger partial charge < -0.3 is 19.7 Å². The van der Waals surface area contributed by atoms with E-state index in [0.29, 0.717) is 12.0 Å². The molecule has 0 bridgehead atoms. The molecule has 1 aromatic carbocycles. The van der Waals surface area contributed by atoms with E-state index in [1.54, 1.807) is 7.11 Å². The quantitative estimate of drug-likeness (QED) is 0.645. The van der Waals surface area contributed by atoms with Crippen LogP contribution in [0.25, 0.3) is 0 Å². The van der Waals surface area contributed by atoms with Gasteiger partial charge in [0.25, 0.3) is 0 Å². The molecule has 1 N–H and O–H groups in total. The van der Waals surface area contributed by atoms with Crippen LogP contribution in [0.2, 0.25) is 0 Å². The number of halogens is 1. The maximum absolute atomic E-state index is 5.61. The van der Waals surface area contributed by atoms with Crippen molar-refractivity contribution in [2.45, 2.75) is 19.4 Å². The van der Waals surface area contributed by atoms with E-state index in [4.69, 9.17) is 9.47 Å². The van der Waals surface area contributed by atoms with Gasteiger partial charge in [-0.25, -0.2) is 0 Å². The van der Waals surface area contributed by atoms with Crippen LogP contribution in [0, 0.1) is 5.41 Å². The van der Waals surface area contributed by atoms with Gasteiger partial charge in [0.1, 0.15) is 5.75 Å². The van der Waals surface area contributed by atoms with Crippen LogP contribution in [0.1, 0.15) is 18.4 Å². The minimum atomic E-state index is 0.338. The normalized spacial score (nSPS) is 24.5. The summed E-state index contributed by atoms with van der Waals surface area (Å²) >= 11 is 3.52. The SMILES string of the molecule is CN=C(NCc1cc(Br)ccc1OC)N1CCC2(CCOC2)C1. The summed E-state index contributed by atoms with van der Waals surface area (Å²) in [4.78, 5) is 6.80. The Morgan fingerprint density at radius 1 is 1.48 bits per heavy atom. The highest BCUT2D eigenvalue weighted by molar-refractivity contribution is 9.10. The predicted molar refractivity (Wildman–Crippen MR) is 95.0 cm³/mol. The minimum Gasteiger partial charge on any atom is -0.496 e. The zero-order valence-electron chi connectivity index (χ0n) is 13.8. The summed E-state index contributed by atoms with van der Waals surface area (Å²) in [5, 5.41) is 3.47. The smallest absolute Gasteiger partial charge is 0.193 e. The monoisotopic (exact) mass is 381 g/mol. The van der Waals surface area contributed by atoms with Crippen LogP contribution in [0.5, 0.6) is 5.75 Å². The van der Waals surface area contributed by atoms with E-state index >= 15 is 0 Å². The van der Waals surface area contributed by atoms with Crippen molar-refractivity contribution in [2.75, 3.05) is 40.5 Å². The third kappa shape index (κ3) is 3.63. The largest absolute Gasteiger partial charge is 0.496 e. The Morgan fingerprint density at radius 3 is 3.04 bits per heavy atom. The summed E-state index contributed by atoms with van der Waals surface area (Å²) in [5.74, 6) is 1.84. The number of hydrogen-bond donors (Lipinski definition) is 1. The molecule has 1 aromatic rings. The van der Waals surface area contributed by atoms with Crippen molar-refractivity contribution in [3.63, 3.8) is 0 Å². The highest BCUT2D eigenvalue weighted by Crippen LogP contribution is 2.38. The number of aliphatic imine (C=N–C) groups is 1. The molecule has 126 valence electrons. The van der Waals surface area contributed by atoms with Crippen LogP contribution in [0.3, 0.4) is 0 Å². The molecule has 3 rings (SSSR count). The molecule has 0 amide bonds. The van der Waals surface area contributed by atoms with Crippen molar-refractivity contribution in [1.29, 1.82) is 0 Å². The Bertz CT molecular complexity index is 585. The number of methoxy groups -OCH3 is 1. The van der Waals surface area contributed by atoms with E-state index in [9.17, 15) is 0 Å². The Balaban J connectivity index is 1.64. The number of guanidine groups is 1. The van der Waals surface area contributed by atoms with E-state index in [1.807, 2.05) is 19.2 Å². The molecule has 0 saturated carbocycles. The molecule has 1 spiro atoms. The van der Waals surface area contributed by atoms with Gasteiger partial charge in [-0.3, -0.25) is 4.99 Å². The van der Waals surface area contributed by atoms with Crippen LogP contribution < -0.4 is 10.1 Å². The lowest BCUT2D eigenvalue weighted by Crippen LogP contribution is -2.41. The molecule has 1 atom stereocenters. The van der Waals surface area contributed by atoms with Crippen molar-refractivity contribution in [2.24, 2.45) is 10.4 Å². The highest BCUT2D eigenvalue weighted by atomic mass is 79.9. The minimum absolute atomic E-state index is 0.338. The van der Waals surface area contributed by atoms with Gasteiger partial charge >= 0.3 is 0 Å². The number of nitrogens with one attached hydrogen (secondary N) is 1. The average Bonchev–Trinajstić information content (AvgIpc) is 3.19. The molecule has 2 heterocycles. The number of benzene rings is 1. The molecule has 2 fully saturated rings. The van der Waals surface area contributed by atoms with Crippen LogP contribution in [-0.2, 0) is 11.3 Å². The molecule has 0 radical (unpaired) electrons. The van der Waals surface area contributed by atoms with Gasteiger partial charge in [0.05, 0.1) is 13.7 Å². The highest BCUT2D eigenvalue weighted by Gasteiger charge is 2.42. The third-order valence-electron chi connectivity index (χ3n) is 4.81. The Hall–Kier alpha value is -1.27. The van der Waals surface area contributed by atoms with E-state index < -0.39 is 0 Å². The van der Waals surface area contributed by atoms with Crippen LogP contribution in [0.4, 0.5) is 0 Å². The Labute approximate surface area is 146 Å². The molecular formula is C17H24BrN3O2. The first-order chi connectivity index (χ1) is 11.2. The van der Waals surface area contributed by atoms with Crippen LogP contribution in [0.15, 0.2) is 27.7 Å². The van der Waals surface area contributed by atoms with Crippen molar-refractivity contribution in [3.8, 4) is 5.75 Å². The van der Waals surface area contributed by atoms with Gasteiger partial charge in [0, 0.05) is 48.7 Å². The molecule has 2 aliphatic heterocycles. The molecular weight excluding hydrogens is 358 g/mol. The van der Waals surface area contributed by atoms with E-state index in [1.165, 1.54) is 12.8 Å². The second kappa shape index (κ2) is 7.09. The second-order valence-electron chi connectivity index (χ2n) is 6.33. The zero-order valence-corrected chi connectivity index (χ0v) is 15.4. The predicted octanol–water partition coefficient (Wildman–Crippen LogP) is 2.65. The lowest BCUT2D eigenvalue weighted by Gasteiger charge is -2.25. The number of likely N-dealkylation sites (tertiary alicyclic amines) is 1. The fraction of sp³-hybridized carbons (Fsp3) is 0.588. The first-order valence-corrected chi connectivity index (χ1v) is 8.81. The Morgan fingerprint density at radius 2 is 2.35 bits per heavy atom. The van der Waals surface area contributed by atoms with E-state index in [2.05, 4.69) is 37.2 Å².